The van der Waals surface area contributed by atoms with Crippen LogP contribution in [0.1, 0.15) is 6.42 Å². The van der Waals surface area contributed by atoms with Gasteiger partial charge in [0.25, 0.3) is 0 Å². The van der Waals surface area contributed by atoms with Gasteiger partial charge in [-0.1, -0.05) is 18.2 Å². The van der Waals surface area contributed by atoms with Crippen LogP contribution in [-0.2, 0) is 21.4 Å². The van der Waals surface area contributed by atoms with Gasteiger partial charge < -0.3 is 14.6 Å². The maximum absolute atomic E-state index is 12.4. The van der Waals surface area contributed by atoms with Crippen molar-refractivity contribution in [3.63, 3.8) is 0 Å². The summed E-state index contributed by atoms with van der Waals surface area (Å²) in [4.78, 5) is 28.1. The zero-order valence-electron chi connectivity index (χ0n) is 13.2. The van der Waals surface area contributed by atoms with E-state index in [1.54, 1.807) is 24.4 Å². The van der Waals surface area contributed by atoms with Crippen LogP contribution < -0.4 is 5.32 Å². The van der Waals surface area contributed by atoms with Crippen LogP contribution in [0.15, 0.2) is 46.7 Å². The summed E-state index contributed by atoms with van der Waals surface area (Å²) < 4.78 is 7.58. The van der Waals surface area contributed by atoms with Crippen LogP contribution in [0, 0.1) is 5.92 Å². The maximum Gasteiger partial charge on any atom is 0.337 e. The first-order valence-corrected chi connectivity index (χ1v) is 8.17. The third-order valence-electron chi connectivity index (χ3n) is 3.94. The third-order valence-corrected chi connectivity index (χ3v) is 4.57. The Hall–Kier alpha value is -2.41. The lowest BCUT2D eigenvalue weighted by molar-refractivity contribution is -0.135. The fourth-order valence-corrected chi connectivity index (χ4v) is 3.21. The number of pyridine rings is 1. The van der Waals surface area contributed by atoms with E-state index in [1.807, 2.05) is 23.9 Å². The number of esters is 1. The van der Waals surface area contributed by atoms with E-state index in [4.69, 9.17) is 0 Å². The molecule has 1 aliphatic rings. The molecule has 0 aromatic carbocycles. The van der Waals surface area contributed by atoms with Gasteiger partial charge in [0.2, 0.25) is 5.91 Å². The number of aromatic nitrogens is 2. The molecule has 1 N–H and O–H groups in total. The number of carbonyl (C=O) groups is 2. The Kier molecular flexibility index (Phi) is 4.53. The molecule has 2 aromatic rings. The zero-order valence-corrected chi connectivity index (χ0v) is 14.8. The highest BCUT2D eigenvalue weighted by atomic mass is 79.9. The fraction of sp³-hybridized carbons (Fsp3) is 0.235. The van der Waals surface area contributed by atoms with Crippen molar-refractivity contribution in [1.82, 2.24) is 9.55 Å². The molecule has 2 aromatic heterocycles. The summed E-state index contributed by atoms with van der Waals surface area (Å²) in [6, 6.07) is 1.83. The van der Waals surface area contributed by atoms with Crippen LogP contribution in [0.4, 0.5) is 5.82 Å². The van der Waals surface area contributed by atoms with Crippen LogP contribution in [0.3, 0.4) is 0 Å². The lowest BCUT2D eigenvalue weighted by Gasteiger charge is -2.15. The fourth-order valence-electron chi connectivity index (χ4n) is 2.60. The van der Waals surface area contributed by atoms with Gasteiger partial charge in [-0.15, -0.1) is 0 Å². The Morgan fingerprint density at radius 2 is 2.25 bits per heavy atom. The molecule has 0 fully saturated rings. The summed E-state index contributed by atoms with van der Waals surface area (Å²) in [5, 5.41) is 3.81. The van der Waals surface area contributed by atoms with Gasteiger partial charge >= 0.3 is 5.97 Å². The molecule has 1 amide bonds. The quantitative estimate of drug-likeness (QED) is 0.818. The van der Waals surface area contributed by atoms with Crippen LogP contribution in [0.2, 0.25) is 0 Å². The summed E-state index contributed by atoms with van der Waals surface area (Å²) in [6.07, 6.45) is 9.15. The number of aryl methyl sites for hydroxylation is 1. The zero-order chi connectivity index (χ0) is 17.3. The molecule has 0 radical (unpaired) electrons. The molecule has 124 valence electrons. The topological polar surface area (TPSA) is 73.2 Å². The van der Waals surface area contributed by atoms with Crippen molar-refractivity contribution >= 4 is 44.5 Å². The van der Waals surface area contributed by atoms with Crippen LogP contribution in [0.25, 0.3) is 10.9 Å². The van der Waals surface area contributed by atoms with E-state index in [9.17, 15) is 9.59 Å². The smallest absolute Gasteiger partial charge is 0.337 e. The second-order valence-electron chi connectivity index (χ2n) is 5.52. The molecule has 0 aliphatic heterocycles. The molecule has 1 atom stereocenters. The number of fused-ring (bicyclic) bond motifs is 1. The number of anilines is 1. The molecule has 0 saturated heterocycles. The standard InChI is InChI=1S/C17H16BrN3O3/c1-21-9-13(18)12-8-19-15(7-14(12)21)20-16(22)10-3-5-11(6-4-10)17(23)24-2/h3,5-10H,4H2,1-2H3,(H,19,20,22). The highest BCUT2D eigenvalue weighted by Crippen LogP contribution is 2.27. The van der Waals surface area contributed by atoms with Gasteiger partial charge in [0.1, 0.15) is 5.82 Å². The number of ether oxygens (including phenoxy) is 1. The van der Waals surface area contributed by atoms with Crippen LogP contribution in [0.5, 0.6) is 0 Å². The first-order valence-electron chi connectivity index (χ1n) is 7.37. The molecule has 0 saturated carbocycles. The molecule has 7 heteroatoms. The van der Waals surface area contributed by atoms with Crippen LogP contribution >= 0.6 is 15.9 Å². The Balaban J connectivity index is 1.72. The van der Waals surface area contributed by atoms with E-state index in [1.165, 1.54) is 7.11 Å². The predicted octanol–water partition coefficient (Wildman–Crippen LogP) is 2.95. The summed E-state index contributed by atoms with van der Waals surface area (Å²) in [5.74, 6) is -0.397. The number of methoxy groups -OCH3 is 1. The number of halogens is 1. The first kappa shape index (κ1) is 16.4. The molecule has 0 spiro atoms. The number of allylic oxidation sites excluding steroid dienone is 1. The molecule has 1 aliphatic carbocycles. The minimum atomic E-state index is -0.397. The van der Waals surface area contributed by atoms with Gasteiger partial charge in [-0.2, -0.15) is 0 Å². The average molecular weight is 390 g/mol. The van der Waals surface area contributed by atoms with Crippen molar-refractivity contribution in [2.75, 3.05) is 12.4 Å². The van der Waals surface area contributed by atoms with Crippen molar-refractivity contribution in [3.05, 3.63) is 46.7 Å². The molecule has 1 unspecified atom stereocenters. The van der Waals surface area contributed by atoms with E-state index in [2.05, 4.69) is 31.0 Å². The van der Waals surface area contributed by atoms with Crippen molar-refractivity contribution in [2.45, 2.75) is 6.42 Å². The second kappa shape index (κ2) is 6.60. The first-order chi connectivity index (χ1) is 11.5. The van der Waals surface area contributed by atoms with E-state index in [0.717, 1.165) is 15.4 Å². The van der Waals surface area contributed by atoms with Crippen molar-refractivity contribution < 1.29 is 14.3 Å². The number of hydrogen-bond donors (Lipinski definition) is 1. The minimum absolute atomic E-state index is 0.161. The van der Waals surface area contributed by atoms with Gasteiger partial charge in [0.15, 0.2) is 0 Å². The Bertz CT molecular complexity index is 883. The van der Waals surface area contributed by atoms with Gasteiger partial charge in [-0.25, -0.2) is 9.78 Å². The summed E-state index contributed by atoms with van der Waals surface area (Å²) in [7, 11) is 3.27. The van der Waals surface area contributed by atoms with Gasteiger partial charge in [0.05, 0.1) is 24.1 Å². The molecular formula is C17H16BrN3O3. The molecule has 0 bridgehead atoms. The number of amides is 1. The third kappa shape index (κ3) is 3.12. The van der Waals surface area contributed by atoms with Gasteiger partial charge in [-0.05, 0) is 22.4 Å². The minimum Gasteiger partial charge on any atom is -0.465 e. The summed E-state index contributed by atoms with van der Waals surface area (Å²) >= 11 is 3.48. The number of hydrogen-bond acceptors (Lipinski definition) is 4. The maximum atomic E-state index is 12.4. The highest BCUT2D eigenvalue weighted by molar-refractivity contribution is 9.10. The Morgan fingerprint density at radius 3 is 2.92 bits per heavy atom. The predicted molar refractivity (Wildman–Crippen MR) is 94.4 cm³/mol. The second-order valence-corrected chi connectivity index (χ2v) is 6.37. The van der Waals surface area contributed by atoms with E-state index in [-0.39, 0.29) is 11.8 Å². The van der Waals surface area contributed by atoms with Crippen LogP contribution in [-0.4, -0.2) is 28.5 Å². The molecule has 3 rings (SSSR count). The number of rotatable bonds is 3. The molecule has 6 nitrogen and oxygen atoms in total. The van der Waals surface area contributed by atoms with Crippen molar-refractivity contribution in [3.8, 4) is 0 Å². The lowest BCUT2D eigenvalue weighted by atomic mass is 9.96. The van der Waals surface area contributed by atoms with E-state index < -0.39 is 5.97 Å². The largest absolute Gasteiger partial charge is 0.465 e. The number of nitrogens with one attached hydrogen (secondary N) is 1. The van der Waals surface area contributed by atoms with Gasteiger partial charge in [-0.3, -0.25) is 4.79 Å². The SMILES string of the molecule is COC(=O)C1=CCC(C(=O)Nc2cc3c(cn2)c(Br)cn3C)C=C1. The van der Waals surface area contributed by atoms with Crippen molar-refractivity contribution in [1.29, 1.82) is 0 Å². The molecule has 2 heterocycles. The normalized spacial score (nSPS) is 16.8. The molecular weight excluding hydrogens is 374 g/mol. The average Bonchev–Trinajstić information content (AvgIpc) is 2.88. The Morgan fingerprint density at radius 1 is 1.46 bits per heavy atom. The lowest BCUT2D eigenvalue weighted by Crippen LogP contribution is -2.23. The molecule has 24 heavy (non-hydrogen) atoms. The van der Waals surface area contributed by atoms with E-state index >= 15 is 0 Å². The number of nitrogens with zero attached hydrogens (tertiary/aromatic N) is 2. The monoisotopic (exact) mass is 389 g/mol. The summed E-state index contributed by atoms with van der Waals surface area (Å²) in [5.41, 5.74) is 1.44. The highest BCUT2D eigenvalue weighted by Gasteiger charge is 2.20. The number of carbonyl (C=O) groups excluding carboxylic acids is 2. The summed E-state index contributed by atoms with van der Waals surface area (Å²) in [6.45, 7) is 0. The van der Waals surface area contributed by atoms with E-state index in [0.29, 0.717) is 17.8 Å². The Labute approximate surface area is 147 Å². The van der Waals surface area contributed by atoms with Crippen molar-refractivity contribution in [2.24, 2.45) is 13.0 Å². The van der Waals surface area contributed by atoms with Gasteiger partial charge in [0, 0.05) is 35.4 Å².